The summed E-state index contributed by atoms with van der Waals surface area (Å²) in [7, 11) is -3.65. The molecule has 2 N–H and O–H groups in total. The number of sulfone groups is 1. The van der Waals surface area contributed by atoms with Crippen LogP contribution in [0.2, 0.25) is 0 Å². The van der Waals surface area contributed by atoms with Gasteiger partial charge in [-0.15, -0.1) is 0 Å². The molecule has 4 aromatic carbocycles. The molecule has 2 heterocycles. The fourth-order valence-corrected chi connectivity index (χ4v) is 9.85. The van der Waals surface area contributed by atoms with Crippen LogP contribution >= 0.6 is 0 Å². The van der Waals surface area contributed by atoms with E-state index in [2.05, 4.69) is 38.6 Å². The molecule has 0 aliphatic carbocycles. The lowest BCUT2D eigenvalue weighted by Gasteiger charge is -2.45. The molecule has 4 aromatic rings. The summed E-state index contributed by atoms with van der Waals surface area (Å²) in [6.45, 7) is 15.7. The quantitative estimate of drug-likeness (QED) is 0.0613. The number of nitrogens with zero attached hydrogens (tertiary/aromatic N) is 2. The van der Waals surface area contributed by atoms with Gasteiger partial charge in [-0.25, -0.2) is 8.42 Å². The average Bonchev–Trinajstić information content (AvgIpc) is 3.34. The van der Waals surface area contributed by atoms with Crippen LogP contribution in [0.25, 0.3) is 0 Å². The van der Waals surface area contributed by atoms with Crippen LogP contribution in [0.3, 0.4) is 0 Å². The first-order chi connectivity index (χ1) is 32.5. The van der Waals surface area contributed by atoms with Gasteiger partial charge < -0.3 is 43.7 Å². The van der Waals surface area contributed by atoms with Crippen molar-refractivity contribution in [3.63, 3.8) is 0 Å². The predicted molar refractivity (Wildman–Crippen MR) is 260 cm³/mol. The average molecular weight is 956 g/mol. The van der Waals surface area contributed by atoms with Crippen LogP contribution in [0.15, 0.2) is 133 Å². The van der Waals surface area contributed by atoms with Crippen molar-refractivity contribution in [1.82, 2.24) is 0 Å². The Morgan fingerprint density at radius 1 is 0.603 bits per heavy atom. The van der Waals surface area contributed by atoms with Crippen LogP contribution < -0.4 is 0 Å². The molecule has 0 bridgehead atoms. The van der Waals surface area contributed by atoms with Crippen molar-refractivity contribution < 1.29 is 52.2 Å². The van der Waals surface area contributed by atoms with Gasteiger partial charge in [-0.1, -0.05) is 161 Å². The molecule has 2 saturated heterocycles. The molecule has 14 heteroatoms. The van der Waals surface area contributed by atoms with Crippen LogP contribution in [0, 0.1) is 34.5 Å². The Hall–Kier alpha value is -4.81. The van der Waals surface area contributed by atoms with Gasteiger partial charge in [-0.2, -0.15) is 10.5 Å². The largest absolute Gasteiger partial charge is 0.870 e. The summed E-state index contributed by atoms with van der Waals surface area (Å²) in [6.07, 6.45) is -0.427. The first-order valence-electron chi connectivity index (χ1n) is 23.2. The molecule has 0 saturated carbocycles. The molecule has 68 heavy (non-hydrogen) atoms. The van der Waals surface area contributed by atoms with E-state index in [1.165, 1.54) is 0 Å². The molecular weight excluding hydrogens is 885 g/mol. The highest BCUT2D eigenvalue weighted by atomic mass is 32.2. The summed E-state index contributed by atoms with van der Waals surface area (Å²) in [5, 5.41) is 24.4. The molecule has 2 aliphatic rings. The molecule has 1 unspecified atom stereocenters. The van der Waals surface area contributed by atoms with Crippen molar-refractivity contribution in [1.29, 1.82) is 10.5 Å². The molecular formula is C54H71N2O11S-. The van der Waals surface area contributed by atoms with E-state index in [-0.39, 0.29) is 67.1 Å². The van der Waals surface area contributed by atoms with Gasteiger partial charge in [0.05, 0.1) is 94.8 Å². The van der Waals surface area contributed by atoms with E-state index >= 15 is 0 Å². The Morgan fingerprint density at radius 2 is 0.971 bits per heavy atom. The van der Waals surface area contributed by atoms with Crippen molar-refractivity contribution in [2.45, 2.75) is 135 Å². The minimum Gasteiger partial charge on any atom is -0.870 e. The molecule has 0 amide bonds. The van der Waals surface area contributed by atoms with Gasteiger partial charge in [0.2, 0.25) is 0 Å². The smallest absolute Gasteiger partial charge is 0.187 e. The fraction of sp³-hybridized carbons (Fsp3) is 0.481. The Kier molecular flexibility index (Phi) is 26.5. The van der Waals surface area contributed by atoms with Gasteiger partial charge in [0.1, 0.15) is 12.2 Å². The van der Waals surface area contributed by atoms with E-state index < -0.39 is 33.8 Å². The van der Waals surface area contributed by atoms with Gasteiger partial charge in [-0.05, 0) is 42.0 Å². The van der Waals surface area contributed by atoms with Crippen LogP contribution in [0.5, 0.6) is 0 Å². The molecule has 370 valence electrons. The third kappa shape index (κ3) is 18.6. The highest BCUT2D eigenvalue weighted by Crippen LogP contribution is 2.36. The Labute approximate surface area is 404 Å². The first-order valence-corrected chi connectivity index (χ1v) is 24.9. The van der Waals surface area contributed by atoms with Gasteiger partial charge in [0.15, 0.2) is 21.6 Å². The molecule has 0 radical (unpaired) electrons. The Balaban J connectivity index is 0.000000324. The summed E-state index contributed by atoms with van der Waals surface area (Å²) in [5.41, 5.74) is 3.67. The lowest BCUT2D eigenvalue weighted by molar-refractivity contribution is -0.303. The van der Waals surface area contributed by atoms with Crippen LogP contribution in [0.1, 0.15) is 82.6 Å². The normalized spacial score (nSPS) is 24.3. The third-order valence-electron chi connectivity index (χ3n) is 11.5. The summed E-state index contributed by atoms with van der Waals surface area (Å²) in [5.74, 6) is -0.0184. The summed E-state index contributed by atoms with van der Waals surface area (Å²) >= 11 is 0. The van der Waals surface area contributed by atoms with E-state index in [0.29, 0.717) is 44.8 Å². The molecule has 2 fully saturated rings. The maximum absolute atomic E-state index is 13.3. The zero-order valence-electron chi connectivity index (χ0n) is 40.2. The van der Waals surface area contributed by atoms with Crippen molar-refractivity contribution in [3.05, 3.63) is 156 Å². The van der Waals surface area contributed by atoms with Crippen molar-refractivity contribution in [3.8, 4) is 12.1 Å². The monoisotopic (exact) mass is 955 g/mol. The predicted octanol–water partition coefficient (Wildman–Crippen LogP) is 9.49. The maximum atomic E-state index is 13.3. The highest BCUT2D eigenvalue weighted by molar-refractivity contribution is 7.92. The lowest BCUT2D eigenvalue weighted by Crippen LogP contribution is -2.58. The number of aliphatic hydroxyl groups excluding tert-OH is 1. The third-order valence-corrected chi connectivity index (χ3v) is 13.5. The first kappa shape index (κ1) is 57.5. The van der Waals surface area contributed by atoms with Crippen LogP contribution in [-0.2, 0) is 69.4 Å². The van der Waals surface area contributed by atoms with Gasteiger partial charge >= 0.3 is 0 Å². The Bertz CT molecular complexity index is 2170. The molecule has 10 atom stereocenters. The van der Waals surface area contributed by atoms with Gasteiger partial charge in [-0.3, -0.25) is 0 Å². The molecule has 0 aromatic heterocycles. The number of ether oxygens (including phenoxy) is 7. The van der Waals surface area contributed by atoms with E-state index in [1.807, 2.05) is 123 Å². The minimum atomic E-state index is -3.65. The lowest BCUT2D eigenvalue weighted by atomic mass is 9.89. The van der Waals surface area contributed by atoms with E-state index in [4.69, 9.17) is 48.8 Å². The standard InChI is InChI=1S/C26H34O5S.C25H31NO4.C3H5NO.H2O/c1-5-23-20(4)24(29-16-21-12-8-6-9-13-21)25(30-17-22-14-10-7-11-15-22)26(31-23)32(27,28)18-19(2)3;1-3-22-19(2)23(28-17-20-11-6-4-7-12-20)24(25(30-22)27-16-10-15-26)29-18-21-13-8-5-9-14-21;4-2-1-3-5;/h6-15,20,23-26H,2,5,16-18H2,1,3-4H3;4-9,11-14,19,22-25H,3,10,16-18H2,1-2H3;5H,1,3H2;1H2/p-1/t20-,23-,24+,25-,26?;19-,22-,23+,24-,25+;;/m11../s1. The topological polar surface area (TPSA) is 197 Å². The zero-order valence-corrected chi connectivity index (χ0v) is 41.0. The van der Waals surface area contributed by atoms with Gasteiger partial charge in [0.25, 0.3) is 0 Å². The summed E-state index contributed by atoms with van der Waals surface area (Å²) in [6, 6.07) is 43.7. The summed E-state index contributed by atoms with van der Waals surface area (Å²) in [4.78, 5) is 0. The van der Waals surface area contributed by atoms with Gasteiger partial charge in [0, 0.05) is 11.8 Å². The number of rotatable bonds is 21. The maximum Gasteiger partial charge on any atom is 0.187 e. The van der Waals surface area contributed by atoms with Crippen molar-refractivity contribution >= 4 is 9.84 Å². The SMILES string of the molecule is C=C(C)CS(=O)(=O)C1O[C@H](CC)[C@@H](C)[C@H](OCc2ccccc2)[C@H]1OCc1ccccc1.CC[C@H]1O[C@H](OCCC#N)[C@H](OCc2ccccc2)[C@@H](OCc2ccccc2)[C@@H]1C.N#CCCO.[OH-]. The van der Waals surface area contributed by atoms with Crippen LogP contribution in [-0.4, -0.2) is 86.3 Å². The number of nitriles is 2. The number of benzene rings is 4. The second kappa shape index (κ2) is 31.3. The molecule has 13 nitrogen and oxygen atoms in total. The highest BCUT2D eigenvalue weighted by Gasteiger charge is 2.50. The van der Waals surface area contributed by atoms with E-state index in [0.717, 1.165) is 28.7 Å². The number of hydrogen-bond donors (Lipinski definition) is 1. The summed E-state index contributed by atoms with van der Waals surface area (Å²) < 4.78 is 70.2. The molecule has 6 rings (SSSR count). The minimum absolute atomic E-state index is 0. The van der Waals surface area contributed by atoms with E-state index in [1.54, 1.807) is 13.0 Å². The van der Waals surface area contributed by atoms with E-state index in [9.17, 15) is 8.42 Å². The second-order valence-corrected chi connectivity index (χ2v) is 18.9. The van der Waals surface area contributed by atoms with Crippen molar-refractivity contribution in [2.24, 2.45) is 11.8 Å². The number of hydrogen-bond acceptors (Lipinski definition) is 13. The van der Waals surface area contributed by atoms with Crippen molar-refractivity contribution in [2.75, 3.05) is 19.0 Å². The van der Waals surface area contributed by atoms with Crippen LogP contribution in [0.4, 0.5) is 0 Å². The Morgan fingerprint density at radius 3 is 1.32 bits per heavy atom. The number of aliphatic hydroxyl groups is 1. The fourth-order valence-electron chi connectivity index (χ4n) is 8.04. The molecule has 0 spiro atoms. The second-order valence-electron chi connectivity index (χ2n) is 16.8. The molecule has 2 aliphatic heterocycles. The zero-order chi connectivity index (χ0) is 48.4.